The molecule has 0 aliphatic carbocycles. The first-order valence-electron chi connectivity index (χ1n) is 6.26. The predicted molar refractivity (Wildman–Crippen MR) is 69.3 cm³/mol. The highest BCUT2D eigenvalue weighted by Crippen LogP contribution is 2.26. The molecule has 1 N–H and O–H groups in total. The summed E-state index contributed by atoms with van der Waals surface area (Å²) in [5, 5.41) is 6.85. The maximum absolute atomic E-state index is 13.3. The predicted octanol–water partition coefficient (Wildman–Crippen LogP) is 3.06. The van der Waals surface area contributed by atoms with Gasteiger partial charge in [0.25, 0.3) is 0 Å². The molecule has 102 valence electrons. The molecular weight excluding hydrogens is 247 g/mol. The third kappa shape index (κ3) is 3.54. The van der Waals surface area contributed by atoms with Crippen LogP contribution in [0.5, 0.6) is 5.75 Å². The second kappa shape index (κ2) is 6.33. The van der Waals surface area contributed by atoms with E-state index in [1.54, 1.807) is 18.3 Å². The van der Waals surface area contributed by atoms with Gasteiger partial charge in [-0.2, -0.15) is 0 Å². The molecule has 2 aromatic rings. The molecule has 19 heavy (non-hydrogen) atoms. The van der Waals surface area contributed by atoms with Gasteiger partial charge in [0.1, 0.15) is 18.2 Å². The number of aromatic nitrogens is 1. The Hall–Kier alpha value is -1.88. The minimum Gasteiger partial charge on any atom is -0.485 e. The quantitative estimate of drug-likeness (QED) is 0.871. The molecule has 1 heterocycles. The zero-order valence-corrected chi connectivity index (χ0v) is 11.0. The van der Waals surface area contributed by atoms with Crippen LogP contribution in [0.1, 0.15) is 31.2 Å². The summed E-state index contributed by atoms with van der Waals surface area (Å²) in [6, 6.07) is 6.26. The van der Waals surface area contributed by atoms with E-state index in [9.17, 15) is 4.39 Å². The fraction of sp³-hybridized carbons (Fsp3) is 0.357. The van der Waals surface area contributed by atoms with Crippen LogP contribution in [-0.4, -0.2) is 11.7 Å². The summed E-state index contributed by atoms with van der Waals surface area (Å²) in [5.41, 5.74) is 0.793. The summed E-state index contributed by atoms with van der Waals surface area (Å²) in [6.07, 6.45) is 1.56. The Morgan fingerprint density at radius 1 is 1.42 bits per heavy atom. The van der Waals surface area contributed by atoms with Gasteiger partial charge in [-0.25, -0.2) is 4.39 Å². The molecule has 0 spiro atoms. The summed E-state index contributed by atoms with van der Waals surface area (Å²) >= 11 is 0. The van der Waals surface area contributed by atoms with Gasteiger partial charge in [0.15, 0.2) is 5.76 Å². The maximum atomic E-state index is 13.3. The number of ether oxygens (including phenoxy) is 1. The highest BCUT2D eigenvalue weighted by Gasteiger charge is 2.12. The zero-order chi connectivity index (χ0) is 13.7. The van der Waals surface area contributed by atoms with E-state index in [1.165, 1.54) is 12.1 Å². The third-order valence-corrected chi connectivity index (χ3v) is 2.81. The highest BCUT2D eigenvalue weighted by atomic mass is 19.1. The van der Waals surface area contributed by atoms with Gasteiger partial charge in [-0.15, -0.1) is 0 Å². The Labute approximate surface area is 111 Å². The largest absolute Gasteiger partial charge is 0.485 e. The van der Waals surface area contributed by atoms with Gasteiger partial charge in [0.2, 0.25) is 0 Å². The van der Waals surface area contributed by atoms with Gasteiger partial charge in [0.05, 0.1) is 6.20 Å². The summed E-state index contributed by atoms with van der Waals surface area (Å²) in [7, 11) is 0. The molecule has 0 amide bonds. The van der Waals surface area contributed by atoms with Crippen molar-refractivity contribution in [2.24, 2.45) is 0 Å². The van der Waals surface area contributed by atoms with Gasteiger partial charge in [0, 0.05) is 17.7 Å². The SMILES string of the molecule is CCNC(C)c1cc(F)ccc1OCc1ccno1. The minimum absolute atomic E-state index is 0.0189. The average Bonchev–Trinajstić information content (AvgIpc) is 2.90. The summed E-state index contributed by atoms with van der Waals surface area (Å²) in [4.78, 5) is 0. The first kappa shape index (κ1) is 13.5. The fourth-order valence-corrected chi connectivity index (χ4v) is 1.87. The van der Waals surface area contributed by atoms with Crippen LogP contribution in [0.4, 0.5) is 4.39 Å². The molecule has 0 saturated carbocycles. The molecule has 5 heteroatoms. The van der Waals surface area contributed by atoms with Gasteiger partial charge >= 0.3 is 0 Å². The van der Waals surface area contributed by atoms with E-state index in [1.807, 2.05) is 13.8 Å². The molecule has 0 bridgehead atoms. The van der Waals surface area contributed by atoms with E-state index >= 15 is 0 Å². The summed E-state index contributed by atoms with van der Waals surface area (Å²) in [5.74, 6) is 1.00. The molecular formula is C14H17FN2O2. The van der Waals surface area contributed by atoms with Crippen LogP contribution >= 0.6 is 0 Å². The average molecular weight is 264 g/mol. The van der Waals surface area contributed by atoms with Crippen molar-refractivity contribution in [3.63, 3.8) is 0 Å². The van der Waals surface area contributed by atoms with Crippen LogP contribution in [0, 0.1) is 5.82 Å². The van der Waals surface area contributed by atoms with Crippen LogP contribution < -0.4 is 10.1 Å². The topological polar surface area (TPSA) is 47.3 Å². The summed E-state index contributed by atoms with van der Waals surface area (Å²) in [6.45, 7) is 5.06. The standard InChI is InChI=1S/C14H17FN2O2/c1-3-16-10(2)13-8-11(15)4-5-14(13)18-9-12-6-7-17-19-12/h4-8,10,16H,3,9H2,1-2H3. The molecule has 4 nitrogen and oxygen atoms in total. The second-order valence-corrected chi connectivity index (χ2v) is 4.23. The van der Waals surface area contributed by atoms with Gasteiger partial charge < -0.3 is 14.6 Å². The van der Waals surface area contributed by atoms with Crippen LogP contribution in [0.15, 0.2) is 35.0 Å². The molecule has 1 unspecified atom stereocenters. The van der Waals surface area contributed by atoms with E-state index < -0.39 is 0 Å². The van der Waals surface area contributed by atoms with E-state index in [0.717, 1.165) is 12.1 Å². The van der Waals surface area contributed by atoms with Crippen molar-refractivity contribution >= 4 is 0 Å². The number of hydrogen-bond acceptors (Lipinski definition) is 4. The van der Waals surface area contributed by atoms with E-state index in [2.05, 4.69) is 10.5 Å². The molecule has 0 aliphatic rings. The zero-order valence-electron chi connectivity index (χ0n) is 11.0. The number of nitrogens with zero attached hydrogens (tertiary/aromatic N) is 1. The molecule has 1 aromatic carbocycles. The van der Waals surface area contributed by atoms with E-state index in [0.29, 0.717) is 11.5 Å². The third-order valence-electron chi connectivity index (χ3n) is 2.81. The van der Waals surface area contributed by atoms with Gasteiger partial charge in [-0.05, 0) is 31.7 Å². The number of rotatable bonds is 6. The lowest BCUT2D eigenvalue weighted by Gasteiger charge is -2.17. The van der Waals surface area contributed by atoms with Crippen molar-refractivity contribution < 1.29 is 13.7 Å². The van der Waals surface area contributed by atoms with Gasteiger partial charge in [-0.3, -0.25) is 0 Å². The van der Waals surface area contributed by atoms with Crippen LogP contribution in [-0.2, 0) is 6.61 Å². The van der Waals surface area contributed by atoms with Gasteiger partial charge in [-0.1, -0.05) is 12.1 Å². The van der Waals surface area contributed by atoms with E-state index in [4.69, 9.17) is 9.26 Å². The van der Waals surface area contributed by atoms with Crippen LogP contribution in [0.25, 0.3) is 0 Å². The summed E-state index contributed by atoms with van der Waals surface area (Å²) < 4.78 is 24.0. The Kier molecular flexibility index (Phi) is 4.52. The lowest BCUT2D eigenvalue weighted by molar-refractivity contribution is 0.245. The lowest BCUT2D eigenvalue weighted by atomic mass is 10.1. The van der Waals surface area contributed by atoms with Crippen molar-refractivity contribution in [2.75, 3.05) is 6.54 Å². The highest BCUT2D eigenvalue weighted by molar-refractivity contribution is 5.36. The minimum atomic E-state index is -0.272. The van der Waals surface area contributed by atoms with E-state index in [-0.39, 0.29) is 18.5 Å². The van der Waals surface area contributed by atoms with Crippen LogP contribution in [0.2, 0.25) is 0 Å². The molecule has 0 aliphatic heterocycles. The normalized spacial score (nSPS) is 12.4. The Morgan fingerprint density at radius 3 is 2.95 bits per heavy atom. The molecule has 0 fully saturated rings. The lowest BCUT2D eigenvalue weighted by Crippen LogP contribution is -2.18. The van der Waals surface area contributed by atoms with Crippen molar-refractivity contribution in [1.82, 2.24) is 10.5 Å². The molecule has 2 rings (SSSR count). The Bertz CT molecular complexity index is 514. The van der Waals surface area contributed by atoms with Crippen LogP contribution in [0.3, 0.4) is 0 Å². The molecule has 0 saturated heterocycles. The number of halogens is 1. The first-order chi connectivity index (χ1) is 9.20. The second-order valence-electron chi connectivity index (χ2n) is 4.23. The van der Waals surface area contributed by atoms with Crippen molar-refractivity contribution in [1.29, 1.82) is 0 Å². The first-order valence-corrected chi connectivity index (χ1v) is 6.26. The Morgan fingerprint density at radius 2 is 2.26 bits per heavy atom. The van der Waals surface area contributed by atoms with Crippen molar-refractivity contribution in [3.05, 3.63) is 47.6 Å². The number of hydrogen-bond donors (Lipinski definition) is 1. The fourth-order valence-electron chi connectivity index (χ4n) is 1.87. The molecule has 1 aromatic heterocycles. The van der Waals surface area contributed by atoms with Crippen molar-refractivity contribution in [2.45, 2.75) is 26.5 Å². The van der Waals surface area contributed by atoms with Crippen molar-refractivity contribution in [3.8, 4) is 5.75 Å². The molecule has 1 atom stereocenters. The molecule has 0 radical (unpaired) electrons. The Balaban J connectivity index is 2.14. The number of nitrogens with one attached hydrogen (secondary N) is 1. The number of benzene rings is 1. The smallest absolute Gasteiger partial charge is 0.174 e. The monoisotopic (exact) mass is 264 g/mol. The maximum Gasteiger partial charge on any atom is 0.174 e.